The quantitative estimate of drug-likeness (QED) is 0.458. The van der Waals surface area contributed by atoms with Crippen LogP contribution < -0.4 is 5.32 Å². The van der Waals surface area contributed by atoms with Crippen molar-refractivity contribution in [2.45, 2.75) is 64.8 Å². The largest absolute Gasteiger partial charge is 0.355 e. The smallest absolute Gasteiger partial charge is 0.226 e. The Hall–Kier alpha value is -2.18. The molecule has 7 heteroatoms. The van der Waals surface area contributed by atoms with E-state index in [1.54, 1.807) is 11.3 Å². The molecule has 3 aromatic rings. The molecule has 0 saturated heterocycles. The van der Waals surface area contributed by atoms with Crippen molar-refractivity contribution in [3.8, 4) is 21.8 Å². The Bertz CT molecular complexity index is 1080. The van der Waals surface area contributed by atoms with Crippen LogP contribution in [0.4, 0.5) is 0 Å². The van der Waals surface area contributed by atoms with E-state index in [0.717, 1.165) is 34.1 Å². The zero-order valence-electron chi connectivity index (χ0n) is 19.0. The number of amides is 1. The summed E-state index contributed by atoms with van der Waals surface area (Å²) in [7, 11) is 0. The number of hydrogen-bond acceptors (Lipinski definition) is 4. The fourth-order valence-corrected chi connectivity index (χ4v) is 5.34. The van der Waals surface area contributed by atoms with Gasteiger partial charge in [-0.3, -0.25) is 9.48 Å². The number of halogens is 1. The second kappa shape index (κ2) is 9.75. The Morgan fingerprint density at radius 2 is 2.03 bits per heavy atom. The van der Waals surface area contributed by atoms with Crippen molar-refractivity contribution in [1.82, 2.24) is 20.1 Å². The highest BCUT2D eigenvalue weighted by Gasteiger charge is 2.24. The second-order valence-electron chi connectivity index (χ2n) is 9.63. The van der Waals surface area contributed by atoms with Crippen LogP contribution in [0.5, 0.6) is 0 Å². The van der Waals surface area contributed by atoms with E-state index < -0.39 is 0 Å². The number of hydrogen-bond donors (Lipinski definition) is 1. The van der Waals surface area contributed by atoms with Crippen LogP contribution in [0.1, 0.15) is 58.6 Å². The number of nitrogens with zero attached hydrogens (tertiary/aromatic N) is 3. The minimum Gasteiger partial charge on any atom is -0.355 e. The molecule has 1 N–H and O–H groups in total. The predicted molar refractivity (Wildman–Crippen MR) is 132 cm³/mol. The molecule has 4 rings (SSSR count). The van der Waals surface area contributed by atoms with Gasteiger partial charge in [-0.15, -0.1) is 11.3 Å². The van der Waals surface area contributed by atoms with Crippen molar-refractivity contribution < 1.29 is 4.79 Å². The third-order valence-electron chi connectivity index (χ3n) is 5.94. The zero-order valence-corrected chi connectivity index (χ0v) is 20.6. The van der Waals surface area contributed by atoms with Crippen molar-refractivity contribution in [3.05, 3.63) is 46.6 Å². The molecule has 2 heterocycles. The minimum atomic E-state index is -0.199. The van der Waals surface area contributed by atoms with Gasteiger partial charge in [0.05, 0.1) is 35.1 Å². The minimum absolute atomic E-state index is 0.0490. The summed E-state index contributed by atoms with van der Waals surface area (Å²) < 4.78 is 2.02. The van der Waals surface area contributed by atoms with E-state index in [-0.39, 0.29) is 11.4 Å². The molecular weight excluding hydrogens is 440 g/mol. The van der Waals surface area contributed by atoms with Gasteiger partial charge in [-0.25, -0.2) is 4.98 Å². The molecule has 1 aromatic carbocycles. The molecule has 1 aliphatic rings. The van der Waals surface area contributed by atoms with Crippen molar-refractivity contribution in [2.24, 2.45) is 5.92 Å². The van der Waals surface area contributed by atoms with Gasteiger partial charge in [-0.2, -0.15) is 5.10 Å². The van der Waals surface area contributed by atoms with Gasteiger partial charge < -0.3 is 5.32 Å². The number of carbonyl (C=O) groups is 1. The number of rotatable bonds is 6. The number of benzene rings is 1. The van der Waals surface area contributed by atoms with Crippen molar-refractivity contribution in [1.29, 1.82) is 0 Å². The van der Waals surface area contributed by atoms with Crippen LogP contribution in [0, 0.1) is 5.92 Å². The Kier molecular flexibility index (Phi) is 7.01. The second-order valence-corrected chi connectivity index (χ2v) is 10.9. The SMILES string of the molecule is CC(C)(C)n1ncc(-c2nc(CC(=O)NCC3CCCCC3)cs2)c1-c1cccc(Cl)c1. The van der Waals surface area contributed by atoms with Gasteiger partial charge in [0, 0.05) is 22.5 Å². The van der Waals surface area contributed by atoms with E-state index in [1.165, 1.54) is 32.1 Å². The van der Waals surface area contributed by atoms with Crippen LogP contribution in [0.25, 0.3) is 21.8 Å². The molecule has 0 bridgehead atoms. The van der Waals surface area contributed by atoms with Crippen molar-refractivity contribution in [2.75, 3.05) is 6.54 Å². The van der Waals surface area contributed by atoms with Crippen LogP contribution >= 0.6 is 22.9 Å². The molecule has 0 radical (unpaired) electrons. The molecule has 0 aliphatic heterocycles. The summed E-state index contributed by atoms with van der Waals surface area (Å²) in [5.74, 6) is 0.676. The lowest BCUT2D eigenvalue weighted by atomic mass is 9.89. The molecule has 0 atom stereocenters. The van der Waals surface area contributed by atoms with Gasteiger partial charge in [0.25, 0.3) is 0 Å². The van der Waals surface area contributed by atoms with E-state index in [1.807, 2.05) is 40.5 Å². The Morgan fingerprint density at radius 1 is 1.25 bits per heavy atom. The molecule has 1 fully saturated rings. The molecular formula is C25H31ClN4OS. The van der Waals surface area contributed by atoms with Crippen molar-refractivity contribution in [3.63, 3.8) is 0 Å². The monoisotopic (exact) mass is 470 g/mol. The van der Waals surface area contributed by atoms with Gasteiger partial charge in [0.2, 0.25) is 5.91 Å². The average Bonchev–Trinajstić information content (AvgIpc) is 3.40. The van der Waals surface area contributed by atoms with Crippen LogP contribution in [0.15, 0.2) is 35.8 Å². The lowest BCUT2D eigenvalue weighted by molar-refractivity contribution is -0.120. The van der Waals surface area contributed by atoms with Crippen molar-refractivity contribution >= 4 is 28.8 Å². The number of aromatic nitrogens is 3. The first kappa shape index (κ1) is 23.0. The lowest BCUT2D eigenvalue weighted by Gasteiger charge is -2.23. The fraction of sp³-hybridized carbons (Fsp3) is 0.480. The molecule has 170 valence electrons. The summed E-state index contributed by atoms with van der Waals surface area (Å²) in [6.45, 7) is 7.17. The first-order valence-corrected chi connectivity index (χ1v) is 12.6. The van der Waals surface area contributed by atoms with Gasteiger partial charge in [-0.1, -0.05) is 43.0 Å². The van der Waals surface area contributed by atoms with Gasteiger partial charge in [0.15, 0.2) is 0 Å². The maximum Gasteiger partial charge on any atom is 0.226 e. The fourth-order valence-electron chi connectivity index (χ4n) is 4.32. The molecule has 2 aromatic heterocycles. The van der Waals surface area contributed by atoms with E-state index in [9.17, 15) is 4.79 Å². The Morgan fingerprint density at radius 3 is 2.75 bits per heavy atom. The van der Waals surface area contributed by atoms with Crippen LogP contribution in [0.2, 0.25) is 5.02 Å². The highest BCUT2D eigenvalue weighted by atomic mass is 35.5. The molecule has 0 spiro atoms. The summed E-state index contributed by atoms with van der Waals surface area (Å²) in [6.07, 6.45) is 8.53. The van der Waals surface area contributed by atoms with E-state index in [4.69, 9.17) is 16.6 Å². The van der Waals surface area contributed by atoms with E-state index in [2.05, 4.69) is 31.2 Å². The molecule has 1 saturated carbocycles. The summed E-state index contributed by atoms with van der Waals surface area (Å²) in [5.41, 5.74) is 3.55. The average molecular weight is 471 g/mol. The standard InChI is InChI=1S/C25H31ClN4OS/c1-25(2,3)30-23(18-10-7-11-19(26)12-18)21(15-28-30)24-29-20(16-32-24)13-22(31)27-14-17-8-5-4-6-9-17/h7,10-12,15-17H,4-6,8-9,13-14H2,1-3H3,(H,27,31). The summed E-state index contributed by atoms with van der Waals surface area (Å²) in [6, 6.07) is 7.82. The lowest BCUT2D eigenvalue weighted by Crippen LogP contribution is -2.31. The highest BCUT2D eigenvalue weighted by molar-refractivity contribution is 7.13. The number of nitrogens with one attached hydrogen (secondary N) is 1. The summed E-state index contributed by atoms with van der Waals surface area (Å²) in [4.78, 5) is 17.3. The maximum atomic E-state index is 12.5. The van der Waals surface area contributed by atoms with Gasteiger partial charge in [0.1, 0.15) is 5.01 Å². The molecule has 1 amide bonds. The van der Waals surface area contributed by atoms with E-state index in [0.29, 0.717) is 17.4 Å². The Balaban J connectivity index is 1.53. The van der Waals surface area contributed by atoms with Gasteiger partial charge in [-0.05, 0) is 51.7 Å². The molecule has 5 nitrogen and oxygen atoms in total. The summed E-state index contributed by atoms with van der Waals surface area (Å²) in [5, 5.41) is 11.3. The number of carbonyl (C=O) groups excluding carboxylic acids is 1. The van der Waals surface area contributed by atoms with Gasteiger partial charge >= 0.3 is 0 Å². The van der Waals surface area contributed by atoms with E-state index >= 15 is 0 Å². The molecule has 32 heavy (non-hydrogen) atoms. The normalized spacial score (nSPS) is 15.1. The third kappa shape index (κ3) is 5.41. The van der Waals surface area contributed by atoms with Crippen LogP contribution in [0.3, 0.4) is 0 Å². The third-order valence-corrected chi connectivity index (χ3v) is 7.10. The first-order chi connectivity index (χ1) is 15.3. The highest BCUT2D eigenvalue weighted by Crippen LogP contribution is 2.37. The first-order valence-electron chi connectivity index (χ1n) is 11.4. The predicted octanol–water partition coefficient (Wildman–Crippen LogP) is 6.32. The summed E-state index contributed by atoms with van der Waals surface area (Å²) >= 11 is 7.84. The van der Waals surface area contributed by atoms with Crippen LogP contribution in [-0.2, 0) is 16.8 Å². The number of thiazole rings is 1. The molecule has 1 aliphatic carbocycles. The van der Waals surface area contributed by atoms with Crippen LogP contribution in [-0.4, -0.2) is 27.2 Å². The maximum absolute atomic E-state index is 12.5. The Labute approximate surface area is 199 Å². The zero-order chi connectivity index (χ0) is 22.7. The molecule has 0 unspecified atom stereocenters. The topological polar surface area (TPSA) is 59.8 Å².